The fourth-order valence-electron chi connectivity index (χ4n) is 1.76. The van der Waals surface area contributed by atoms with Crippen molar-refractivity contribution in [3.63, 3.8) is 0 Å². The van der Waals surface area contributed by atoms with Crippen molar-refractivity contribution in [3.8, 4) is 0 Å². The van der Waals surface area contributed by atoms with E-state index >= 15 is 0 Å². The van der Waals surface area contributed by atoms with Gasteiger partial charge in [0.05, 0.1) is 5.69 Å². The van der Waals surface area contributed by atoms with Gasteiger partial charge in [0, 0.05) is 24.2 Å². The Bertz CT molecular complexity index is 549. The number of aliphatic hydroxyl groups is 1. The van der Waals surface area contributed by atoms with Crippen molar-refractivity contribution in [1.29, 1.82) is 0 Å². The standard InChI is InChI=1S/C13H14ClFN2O/c1-8-5-12(16-17(8)2)13(18)7-9-6-10(15)3-4-11(9)14/h3-6,13,18H,7H2,1-2H3. The van der Waals surface area contributed by atoms with Gasteiger partial charge in [0.2, 0.25) is 0 Å². The molecule has 1 unspecified atom stereocenters. The van der Waals surface area contributed by atoms with Crippen LogP contribution in [0.1, 0.15) is 23.1 Å². The van der Waals surface area contributed by atoms with Crippen molar-refractivity contribution < 1.29 is 9.50 Å². The van der Waals surface area contributed by atoms with Crippen LogP contribution in [0.5, 0.6) is 0 Å². The minimum absolute atomic E-state index is 0.243. The highest BCUT2D eigenvalue weighted by molar-refractivity contribution is 6.31. The lowest BCUT2D eigenvalue weighted by Crippen LogP contribution is -2.04. The predicted molar refractivity (Wildman–Crippen MR) is 68.0 cm³/mol. The summed E-state index contributed by atoms with van der Waals surface area (Å²) in [6, 6.07) is 5.92. The molecular formula is C13H14ClFN2O. The Morgan fingerprint density at radius 2 is 2.17 bits per heavy atom. The molecule has 5 heteroatoms. The van der Waals surface area contributed by atoms with Crippen LogP contribution in [0.25, 0.3) is 0 Å². The lowest BCUT2D eigenvalue weighted by atomic mass is 10.1. The molecule has 0 radical (unpaired) electrons. The van der Waals surface area contributed by atoms with Crippen LogP contribution >= 0.6 is 11.6 Å². The molecule has 0 saturated heterocycles. The first-order chi connectivity index (χ1) is 8.47. The number of hydrogen-bond donors (Lipinski definition) is 1. The summed E-state index contributed by atoms with van der Waals surface area (Å²) < 4.78 is 14.8. The smallest absolute Gasteiger partial charge is 0.123 e. The predicted octanol–water partition coefficient (Wildman–Crippen LogP) is 2.80. The molecule has 0 amide bonds. The van der Waals surface area contributed by atoms with Gasteiger partial charge in [0.1, 0.15) is 11.9 Å². The van der Waals surface area contributed by atoms with E-state index in [1.165, 1.54) is 18.2 Å². The molecule has 2 aromatic rings. The maximum absolute atomic E-state index is 13.1. The number of benzene rings is 1. The topological polar surface area (TPSA) is 38.1 Å². The first-order valence-corrected chi connectivity index (χ1v) is 5.97. The van der Waals surface area contributed by atoms with Gasteiger partial charge >= 0.3 is 0 Å². The summed E-state index contributed by atoms with van der Waals surface area (Å²) in [6.07, 6.45) is -0.545. The Labute approximate surface area is 110 Å². The Hall–Kier alpha value is -1.39. The summed E-state index contributed by atoms with van der Waals surface area (Å²) in [5, 5.41) is 14.7. The van der Waals surface area contributed by atoms with Crippen molar-refractivity contribution in [3.05, 3.63) is 52.1 Å². The maximum atomic E-state index is 13.1. The number of aryl methyl sites for hydroxylation is 2. The highest BCUT2D eigenvalue weighted by Gasteiger charge is 2.15. The lowest BCUT2D eigenvalue weighted by molar-refractivity contribution is 0.172. The third-order valence-corrected chi connectivity index (χ3v) is 3.26. The fourth-order valence-corrected chi connectivity index (χ4v) is 1.96. The van der Waals surface area contributed by atoms with E-state index in [9.17, 15) is 9.50 Å². The first-order valence-electron chi connectivity index (χ1n) is 5.60. The minimum atomic E-state index is -0.788. The molecule has 1 N–H and O–H groups in total. The van der Waals surface area contributed by atoms with Crippen LogP contribution in [0.3, 0.4) is 0 Å². The van der Waals surface area contributed by atoms with E-state index in [0.717, 1.165) is 5.69 Å². The van der Waals surface area contributed by atoms with Gasteiger partial charge in [0.15, 0.2) is 0 Å². The summed E-state index contributed by atoms with van der Waals surface area (Å²) >= 11 is 5.96. The third kappa shape index (κ3) is 2.71. The highest BCUT2D eigenvalue weighted by Crippen LogP contribution is 2.24. The van der Waals surface area contributed by atoms with Crippen molar-refractivity contribution in [2.45, 2.75) is 19.4 Å². The Kier molecular flexibility index (Phi) is 3.68. The minimum Gasteiger partial charge on any atom is -0.386 e. The van der Waals surface area contributed by atoms with Gasteiger partial charge in [-0.15, -0.1) is 0 Å². The maximum Gasteiger partial charge on any atom is 0.123 e. The van der Waals surface area contributed by atoms with Crippen LogP contribution in [-0.4, -0.2) is 14.9 Å². The van der Waals surface area contributed by atoms with E-state index in [0.29, 0.717) is 16.3 Å². The van der Waals surface area contributed by atoms with E-state index in [1.54, 1.807) is 17.8 Å². The van der Waals surface area contributed by atoms with Crippen LogP contribution in [-0.2, 0) is 13.5 Å². The van der Waals surface area contributed by atoms with Crippen molar-refractivity contribution in [1.82, 2.24) is 9.78 Å². The summed E-state index contributed by atoms with van der Waals surface area (Å²) in [6.45, 7) is 1.90. The molecule has 2 rings (SSSR count). The van der Waals surface area contributed by atoms with Gasteiger partial charge < -0.3 is 5.11 Å². The zero-order valence-corrected chi connectivity index (χ0v) is 10.9. The molecule has 96 valence electrons. The van der Waals surface area contributed by atoms with Gasteiger partial charge in [-0.1, -0.05) is 11.6 Å². The van der Waals surface area contributed by atoms with E-state index in [-0.39, 0.29) is 12.2 Å². The summed E-state index contributed by atoms with van der Waals surface area (Å²) in [7, 11) is 1.81. The molecule has 0 saturated carbocycles. The van der Waals surface area contributed by atoms with E-state index in [4.69, 9.17) is 11.6 Å². The van der Waals surface area contributed by atoms with E-state index in [1.807, 2.05) is 6.92 Å². The molecular weight excluding hydrogens is 255 g/mol. The second-order valence-electron chi connectivity index (χ2n) is 4.29. The lowest BCUT2D eigenvalue weighted by Gasteiger charge is -2.09. The van der Waals surface area contributed by atoms with Crippen molar-refractivity contribution in [2.75, 3.05) is 0 Å². The zero-order chi connectivity index (χ0) is 13.3. The summed E-state index contributed by atoms with van der Waals surface area (Å²) in [5.41, 5.74) is 2.09. The molecule has 0 bridgehead atoms. The molecule has 0 aliphatic heterocycles. The van der Waals surface area contributed by atoms with Gasteiger partial charge in [-0.3, -0.25) is 4.68 Å². The summed E-state index contributed by atoms with van der Waals surface area (Å²) in [5.74, 6) is -0.362. The highest BCUT2D eigenvalue weighted by atomic mass is 35.5. The van der Waals surface area contributed by atoms with Crippen LogP contribution in [0.2, 0.25) is 5.02 Å². The molecule has 1 heterocycles. The second kappa shape index (κ2) is 5.08. The Morgan fingerprint density at radius 1 is 1.44 bits per heavy atom. The van der Waals surface area contributed by atoms with Crippen LogP contribution in [0.4, 0.5) is 4.39 Å². The number of hydrogen-bond acceptors (Lipinski definition) is 2. The normalized spacial score (nSPS) is 12.7. The molecule has 0 spiro atoms. The average molecular weight is 269 g/mol. The molecule has 1 aromatic carbocycles. The molecule has 1 atom stereocenters. The van der Waals surface area contributed by atoms with Gasteiger partial charge in [0.25, 0.3) is 0 Å². The molecule has 18 heavy (non-hydrogen) atoms. The number of nitrogens with zero attached hydrogens (tertiary/aromatic N) is 2. The van der Waals surface area contributed by atoms with Crippen molar-refractivity contribution >= 4 is 11.6 Å². The van der Waals surface area contributed by atoms with E-state index < -0.39 is 6.10 Å². The SMILES string of the molecule is Cc1cc(C(O)Cc2cc(F)ccc2Cl)nn1C. The first kappa shape index (κ1) is 13.1. The number of rotatable bonds is 3. The molecule has 0 fully saturated rings. The van der Waals surface area contributed by atoms with Gasteiger partial charge in [-0.2, -0.15) is 5.10 Å². The van der Waals surface area contributed by atoms with Crippen molar-refractivity contribution in [2.24, 2.45) is 7.05 Å². The quantitative estimate of drug-likeness (QED) is 0.930. The number of halogens is 2. The molecule has 0 aliphatic carbocycles. The average Bonchev–Trinajstić information content (AvgIpc) is 2.64. The molecule has 0 aliphatic rings. The van der Waals surface area contributed by atoms with E-state index in [2.05, 4.69) is 5.10 Å². The van der Waals surface area contributed by atoms with Crippen LogP contribution in [0, 0.1) is 12.7 Å². The summed E-state index contributed by atoms with van der Waals surface area (Å²) in [4.78, 5) is 0. The third-order valence-electron chi connectivity index (χ3n) is 2.90. The van der Waals surface area contributed by atoms with Crippen LogP contribution in [0.15, 0.2) is 24.3 Å². The zero-order valence-electron chi connectivity index (χ0n) is 10.2. The van der Waals surface area contributed by atoms with Gasteiger partial charge in [-0.05, 0) is 36.8 Å². The Morgan fingerprint density at radius 3 is 2.78 bits per heavy atom. The number of aliphatic hydroxyl groups excluding tert-OH is 1. The Balaban J connectivity index is 2.20. The monoisotopic (exact) mass is 268 g/mol. The molecule has 1 aromatic heterocycles. The molecule has 3 nitrogen and oxygen atoms in total. The second-order valence-corrected chi connectivity index (χ2v) is 4.70. The number of aromatic nitrogens is 2. The van der Waals surface area contributed by atoms with Crippen LogP contribution < -0.4 is 0 Å². The fraction of sp³-hybridized carbons (Fsp3) is 0.308. The largest absolute Gasteiger partial charge is 0.386 e. The van der Waals surface area contributed by atoms with Gasteiger partial charge in [-0.25, -0.2) is 4.39 Å².